The Hall–Kier alpha value is -1.53. The summed E-state index contributed by atoms with van der Waals surface area (Å²) in [6.45, 7) is 1.84. The van der Waals surface area contributed by atoms with Crippen LogP contribution in [0.25, 0.3) is 0 Å². The van der Waals surface area contributed by atoms with Crippen LogP contribution in [0.1, 0.15) is 5.56 Å². The van der Waals surface area contributed by atoms with Gasteiger partial charge in [0.1, 0.15) is 12.4 Å². The first-order chi connectivity index (χ1) is 9.88. The summed E-state index contributed by atoms with van der Waals surface area (Å²) >= 11 is 3.33. The van der Waals surface area contributed by atoms with Gasteiger partial charge < -0.3 is 10.5 Å². The maximum absolute atomic E-state index is 12.3. The fraction of sp³-hybridized carbons (Fsp3) is 0.200. The second-order valence-electron chi connectivity index (χ2n) is 4.65. The van der Waals surface area contributed by atoms with Crippen LogP contribution in [-0.2, 0) is 9.84 Å². The molecule has 0 saturated heterocycles. The Balaban J connectivity index is 2.03. The standard InChI is InChI=1S/C15H16BrNO3S/c1-11-10-13(17)4-7-15(11)21(18,19)9-8-20-14-5-2-12(16)3-6-14/h2-7,10H,8-9,17H2,1H3. The lowest BCUT2D eigenvalue weighted by atomic mass is 10.2. The Kier molecular flexibility index (Phi) is 4.90. The largest absolute Gasteiger partial charge is 0.493 e. The SMILES string of the molecule is Cc1cc(N)ccc1S(=O)(=O)CCOc1ccc(Br)cc1. The summed E-state index contributed by atoms with van der Waals surface area (Å²) in [5.74, 6) is 0.566. The van der Waals surface area contributed by atoms with Crippen LogP contribution in [0.2, 0.25) is 0 Å². The summed E-state index contributed by atoms with van der Waals surface area (Å²) in [5, 5.41) is 0. The molecule has 0 bridgehead atoms. The minimum absolute atomic E-state index is 0.0756. The monoisotopic (exact) mass is 369 g/mol. The van der Waals surface area contributed by atoms with E-state index in [0.717, 1.165) is 4.47 Å². The van der Waals surface area contributed by atoms with Crippen molar-refractivity contribution in [2.45, 2.75) is 11.8 Å². The van der Waals surface area contributed by atoms with E-state index in [2.05, 4.69) is 15.9 Å². The minimum atomic E-state index is -3.38. The van der Waals surface area contributed by atoms with Crippen molar-refractivity contribution in [2.24, 2.45) is 0 Å². The van der Waals surface area contributed by atoms with Gasteiger partial charge in [0, 0.05) is 10.2 Å². The molecule has 21 heavy (non-hydrogen) atoms. The van der Waals surface area contributed by atoms with E-state index in [9.17, 15) is 8.42 Å². The number of anilines is 1. The molecule has 0 amide bonds. The van der Waals surface area contributed by atoms with Gasteiger partial charge in [0.05, 0.1) is 10.6 Å². The number of hydrogen-bond donors (Lipinski definition) is 1. The zero-order chi connectivity index (χ0) is 15.5. The number of aryl methyl sites for hydroxylation is 1. The molecule has 2 N–H and O–H groups in total. The first-order valence-corrected chi connectivity index (χ1v) is 8.80. The highest BCUT2D eigenvalue weighted by Gasteiger charge is 2.17. The van der Waals surface area contributed by atoms with Gasteiger partial charge in [-0.15, -0.1) is 0 Å². The molecule has 0 unspecified atom stereocenters. The normalized spacial score (nSPS) is 11.3. The molecule has 0 aromatic heterocycles. The van der Waals surface area contributed by atoms with E-state index < -0.39 is 9.84 Å². The molecule has 0 aliphatic rings. The van der Waals surface area contributed by atoms with Gasteiger partial charge in [-0.05, 0) is 55.0 Å². The number of halogens is 1. The van der Waals surface area contributed by atoms with E-state index in [0.29, 0.717) is 21.9 Å². The molecule has 0 atom stereocenters. The Morgan fingerprint density at radius 1 is 1.14 bits per heavy atom. The number of benzene rings is 2. The zero-order valence-electron chi connectivity index (χ0n) is 11.5. The Morgan fingerprint density at radius 2 is 1.81 bits per heavy atom. The van der Waals surface area contributed by atoms with Crippen LogP contribution >= 0.6 is 15.9 Å². The summed E-state index contributed by atoms with van der Waals surface area (Å²) in [7, 11) is -3.38. The fourth-order valence-electron chi connectivity index (χ4n) is 1.93. The number of sulfone groups is 1. The van der Waals surface area contributed by atoms with Crippen molar-refractivity contribution in [2.75, 3.05) is 18.1 Å². The van der Waals surface area contributed by atoms with Crippen LogP contribution in [0.4, 0.5) is 5.69 Å². The summed E-state index contributed by atoms with van der Waals surface area (Å²) in [6, 6.07) is 12.0. The van der Waals surface area contributed by atoms with Crippen molar-refractivity contribution >= 4 is 31.5 Å². The zero-order valence-corrected chi connectivity index (χ0v) is 13.9. The third-order valence-corrected chi connectivity index (χ3v) is 5.33. The van der Waals surface area contributed by atoms with Crippen LogP contribution in [-0.4, -0.2) is 20.8 Å². The van der Waals surface area contributed by atoms with Gasteiger partial charge in [-0.3, -0.25) is 0 Å². The van der Waals surface area contributed by atoms with Gasteiger partial charge in [-0.1, -0.05) is 15.9 Å². The molecule has 0 fully saturated rings. The number of rotatable bonds is 5. The quantitative estimate of drug-likeness (QED) is 0.821. The Morgan fingerprint density at radius 3 is 2.43 bits per heavy atom. The van der Waals surface area contributed by atoms with Crippen LogP contribution in [0, 0.1) is 6.92 Å². The van der Waals surface area contributed by atoms with Gasteiger partial charge in [-0.25, -0.2) is 8.42 Å². The van der Waals surface area contributed by atoms with E-state index >= 15 is 0 Å². The molecule has 112 valence electrons. The van der Waals surface area contributed by atoms with Crippen molar-refractivity contribution in [1.29, 1.82) is 0 Å². The van der Waals surface area contributed by atoms with E-state index in [1.807, 2.05) is 12.1 Å². The molecule has 0 radical (unpaired) electrons. The molecule has 2 aromatic rings. The number of ether oxygens (including phenoxy) is 1. The topological polar surface area (TPSA) is 69.4 Å². The highest BCUT2D eigenvalue weighted by Crippen LogP contribution is 2.20. The third-order valence-electron chi connectivity index (χ3n) is 2.97. The average molecular weight is 370 g/mol. The van der Waals surface area contributed by atoms with Crippen molar-refractivity contribution in [3.8, 4) is 5.75 Å². The average Bonchev–Trinajstić information content (AvgIpc) is 2.40. The molecule has 2 aromatic carbocycles. The van der Waals surface area contributed by atoms with Gasteiger partial charge >= 0.3 is 0 Å². The number of nitrogens with two attached hydrogens (primary N) is 1. The third kappa shape index (κ3) is 4.22. The smallest absolute Gasteiger partial charge is 0.181 e. The Labute approximate surface area is 133 Å². The molecule has 0 aliphatic carbocycles. The molecule has 0 aliphatic heterocycles. The number of nitrogen functional groups attached to an aromatic ring is 1. The molecule has 6 heteroatoms. The molecule has 0 saturated carbocycles. The van der Waals surface area contributed by atoms with Gasteiger partial charge in [0.2, 0.25) is 0 Å². The van der Waals surface area contributed by atoms with Crippen LogP contribution in [0.15, 0.2) is 51.8 Å². The summed E-state index contributed by atoms with van der Waals surface area (Å²) in [4.78, 5) is 0.302. The van der Waals surface area contributed by atoms with E-state index in [1.165, 1.54) is 0 Å². The minimum Gasteiger partial charge on any atom is -0.493 e. The first kappa shape index (κ1) is 15.9. The van der Waals surface area contributed by atoms with Crippen molar-refractivity contribution < 1.29 is 13.2 Å². The highest BCUT2D eigenvalue weighted by atomic mass is 79.9. The van der Waals surface area contributed by atoms with Crippen LogP contribution in [0.3, 0.4) is 0 Å². The second-order valence-corrected chi connectivity index (χ2v) is 7.64. The fourth-order valence-corrected chi connectivity index (χ4v) is 3.54. The lowest BCUT2D eigenvalue weighted by Crippen LogP contribution is -2.15. The van der Waals surface area contributed by atoms with Gasteiger partial charge in [0.25, 0.3) is 0 Å². The Bertz CT molecular complexity index is 727. The van der Waals surface area contributed by atoms with Crippen molar-refractivity contribution in [1.82, 2.24) is 0 Å². The van der Waals surface area contributed by atoms with E-state index in [-0.39, 0.29) is 12.4 Å². The number of hydrogen-bond acceptors (Lipinski definition) is 4. The lowest BCUT2D eigenvalue weighted by Gasteiger charge is -2.10. The maximum atomic E-state index is 12.3. The molecular weight excluding hydrogens is 354 g/mol. The summed E-state index contributed by atoms with van der Waals surface area (Å²) in [5.41, 5.74) is 6.84. The predicted octanol–water partition coefficient (Wildman–Crippen LogP) is 3.19. The van der Waals surface area contributed by atoms with E-state index in [4.69, 9.17) is 10.5 Å². The van der Waals surface area contributed by atoms with Crippen LogP contribution in [0.5, 0.6) is 5.75 Å². The second kappa shape index (κ2) is 6.49. The van der Waals surface area contributed by atoms with Gasteiger partial charge in [-0.2, -0.15) is 0 Å². The lowest BCUT2D eigenvalue weighted by molar-refractivity contribution is 0.341. The highest BCUT2D eigenvalue weighted by molar-refractivity contribution is 9.10. The molecule has 0 heterocycles. The molecule has 2 rings (SSSR count). The summed E-state index contributed by atoms with van der Waals surface area (Å²) in [6.07, 6.45) is 0. The summed E-state index contributed by atoms with van der Waals surface area (Å²) < 4.78 is 31.0. The molecular formula is C15H16BrNO3S. The first-order valence-electron chi connectivity index (χ1n) is 6.36. The van der Waals surface area contributed by atoms with E-state index in [1.54, 1.807) is 37.3 Å². The van der Waals surface area contributed by atoms with Crippen LogP contribution < -0.4 is 10.5 Å². The van der Waals surface area contributed by atoms with Crippen molar-refractivity contribution in [3.63, 3.8) is 0 Å². The maximum Gasteiger partial charge on any atom is 0.181 e. The molecule has 4 nitrogen and oxygen atoms in total. The predicted molar refractivity (Wildman–Crippen MR) is 87.3 cm³/mol. The van der Waals surface area contributed by atoms with Gasteiger partial charge in [0.15, 0.2) is 9.84 Å². The molecule has 0 spiro atoms. The van der Waals surface area contributed by atoms with Crippen molar-refractivity contribution in [3.05, 3.63) is 52.5 Å².